The van der Waals surface area contributed by atoms with E-state index in [1.165, 1.54) is 10.9 Å². The third-order valence-corrected chi connectivity index (χ3v) is 4.11. The van der Waals surface area contributed by atoms with Crippen LogP contribution in [-0.4, -0.2) is 11.7 Å². The van der Waals surface area contributed by atoms with E-state index in [1.54, 1.807) is 0 Å². The molecule has 0 aliphatic heterocycles. The third kappa shape index (κ3) is 4.21. The molecule has 2 N–H and O–H groups in total. The van der Waals surface area contributed by atoms with Gasteiger partial charge in [-0.05, 0) is 47.8 Å². The Morgan fingerprint density at radius 3 is 2.61 bits per heavy atom. The Morgan fingerprint density at radius 2 is 1.74 bits per heavy atom. The van der Waals surface area contributed by atoms with Crippen molar-refractivity contribution < 1.29 is 0 Å². The molecule has 0 spiro atoms. The Kier molecular flexibility index (Phi) is 5.11. The first kappa shape index (κ1) is 15.8. The van der Waals surface area contributed by atoms with Crippen molar-refractivity contribution in [2.75, 3.05) is 11.9 Å². The van der Waals surface area contributed by atoms with Crippen LogP contribution >= 0.6 is 23.8 Å². The number of anilines is 1. The molecule has 0 amide bonds. The van der Waals surface area contributed by atoms with Crippen LogP contribution in [0.3, 0.4) is 0 Å². The Morgan fingerprint density at radius 1 is 0.957 bits per heavy atom. The normalized spacial score (nSPS) is 10.5. The number of nitrogens with one attached hydrogen (secondary N) is 2. The van der Waals surface area contributed by atoms with Crippen LogP contribution in [0.4, 0.5) is 5.69 Å². The molecule has 3 rings (SSSR count). The second-order valence-electron chi connectivity index (χ2n) is 5.29. The summed E-state index contributed by atoms with van der Waals surface area (Å²) in [4.78, 5) is 0. The van der Waals surface area contributed by atoms with E-state index in [0.29, 0.717) is 5.11 Å². The van der Waals surface area contributed by atoms with Gasteiger partial charge in [0.2, 0.25) is 0 Å². The molecule has 0 unspecified atom stereocenters. The quantitative estimate of drug-likeness (QED) is 0.652. The number of thiocarbonyl (C=S) groups is 1. The van der Waals surface area contributed by atoms with Gasteiger partial charge in [-0.25, -0.2) is 0 Å². The van der Waals surface area contributed by atoms with Crippen molar-refractivity contribution in [3.8, 4) is 0 Å². The van der Waals surface area contributed by atoms with E-state index < -0.39 is 0 Å². The van der Waals surface area contributed by atoms with Gasteiger partial charge in [0.05, 0.1) is 0 Å². The second-order valence-corrected chi connectivity index (χ2v) is 6.13. The molecule has 0 aliphatic carbocycles. The number of hydrogen-bond acceptors (Lipinski definition) is 1. The highest BCUT2D eigenvalue weighted by Crippen LogP contribution is 2.22. The molecule has 3 aromatic rings. The fourth-order valence-electron chi connectivity index (χ4n) is 2.51. The lowest BCUT2D eigenvalue weighted by atomic mass is 10.1. The Labute approximate surface area is 146 Å². The Hall–Kier alpha value is -2.10. The predicted octanol–water partition coefficient (Wildman–Crippen LogP) is 5.02. The zero-order valence-corrected chi connectivity index (χ0v) is 14.1. The molecule has 116 valence electrons. The van der Waals surface area contributed by atoms with Crippen molar-refractivity contribution in [1.29, 1.82) is 0 Å². The maximum Gasteiger partial charge on any atom is 0.170 e. The molecular formula is C19H17ClN2S. The first-order valence-corrected chi connectivity index (χ1v) is 8.28. The SMILES string of the molecule is S=C(NCCc1cccc(Cl)c1)Nc1cccc2ccccc12. The fourth-order valence-corrected chi connectivity index (χ4v) is 2.94. The first-order chi connectivity index (χ1) is 11.2. The van der Waals surface area contributed by atoms with Gasteiger partial charge >= 0.3 is 0 Å². The zero-order chi connectivity index (χ0) is 16.1. The third-order valence-electron chi connectivity index (χ3n) is 3.63. The summed E-state index contributed by atoms with van der Waals surface area (Å²) in [6.07, 6.45) is 0.873. The molecular weight excluding hydrogens is 324 g/mol. The van der Waals surface area contributed by atoms with Crippen molar-refractivity contribution in [2.45, 2.75) is 6.42 Å². The van der Waals surface area contributed by atoms with E-state index in [-0.39, 0.29) is 0 Å². The van der Waals surface area contributed by atoms with Gasteiger partial charge in [0, 0.05) is 22.6 Å². The molecule has 0 saturated heterocycles. The molecule has 0 bridgehead atoms. The predicted molar refractivity (Wildman–Crippen MR) is 103 cm³/mol. The van der Waals surface area contributed by atoms with E-state index in [1.807, 2.05) is 42.5 Å². The maximum atomic E-state index is 5.99. The average Bonchev–Trinajstić information content (AvgIpc) is 2.55. The summed E-state index contributed by atoms with van der Waals surface area (Å²) in [6.45, 7) is 0.761. The topological polar surface area (TPSA) is 24.1 Å². The highest BCUT2D eigenvalue weighted by atomic mass is 35.5. The van der Waals surface area contributed by atoms with Crippen LogP contribution in [0.1, 0.15) is 5.56 Å². The molecule has 0 aromatic heterocycles. The van der Waals surface area contributed by atoms with Gasteiger partial charge in [0.15, 0.2) is 5.11 Å². The van der Waals surface area contributed by atoms with Crippen LogP contribution in [0.25, 0.3) is 10.8 Å². The van der Waals surface area contributed by atoms with Gasteiger partial charge in [-0.3, -0.25) is 0 Å². The lowest BCUT2D eigenvalue weighted by Gasteiger charge is -2.12. The fraction of sp³-hybridized carbons (Fsp3) is 0.105. The minimum absolute atomic E-state index is 0.628. The number of hydrogen-bond donors (Lipinski definition) is 2. The maximum absolute atomic E-state index is 5.99. The minimum atomic E-state index is 0.628. The second kappa shape index (κ2) is 7.44. The number of benzene rings is 3. The summed E-state index contributed by atoms with van der Waals surface area (Å²) in [5.41, 5.74) is 2.21. The molecule has 0 aliphatic rings. The minimum Gasteiger partial charge on any atom is -0.362 e. The molecule has 23 heavy (non-hydrogen) atoms. The molecule has 0 atom stereocenters. The summed E-state index contributed by atoms with van der Waals surface area (Å²) < 4.78 is 0. The van der Waals surface area contributed by atoms with E-state index in [2.05, 4.69) is 34.9 Å². The number of halogens is 1. The van der Waals surface area contributed by atoms with Crippen LogP contribution in [0.2, 0.25) is 5.02 Å². The highest BCUT2D eigenvalue weighted by Gasteiger charge is 2.02. The number of fused-ring (bicyclic) bond motifs is 1. The van der Waals surface area contributed by atoms with Crippen LogP contribution in [0.5, 0.6) is 0 Å². The van der Waals surface area contributed by atoms with E-state index in [0.717, 1.165) is 29.1 Å². The van der Waals surface area contributed by atoms with Crippen molar-refractivity contribution >= 4 is 45.4 Å². The molecule has 2 nitrogen and oxygen atoms in total. The van der Waals surface area contributed by atoms with Gasteiger partial charge in [-0.2, -0.15) is 0 Å². The Balaban J connectivity index is 1.59. The molecule has 0 radical (unpaired) electrons. The molecule has 4 heteroatoms. The van der Waals surface area contributed by atoms with Crippen LogP contribution in [0.15, 0.2) is 66.7 Å². The molecule has 0 fully saturated rings. The average molecular weight is 341 g/mol. The van der Waals surface area contributed by atoms with Gasteiger partial charge in [-0.15, -0.1) is 0 Å². The Bertz CT molecular complexity index is 827. The van der Waals surface area contributed by atoms with E-state index in [9.17, 15) is 0 Å². The molecule has 3 aromatic carbocycles. The first-order valence-electron chi connectivity index (χ1n) is 7.49. The number of rotatable bonds is 4. The van der Waals surface area contributed by atoms with Gasteiger partial charge in [-0.1, -0.05) is 60.1 Å². The van der Waals surface area contributed by atoms with Crippen molar-refractivity contribution in [3.63, 3.8) is 0 Å². The lowest BCUT2D eigenvalue weighted by molar-refractivity contribution is 0.873. The highest BCUT2D eigenvalue weighted by molar-refractivity contribution is 7.80. The zero-order valence-electron chi connectivity index (χ0n) is 12.6. The van der Waals surface area contributed by atoms with E-state index >= 15 is 0 Å². The van der Waals surface area contributed by atoms with Crippen LogP contribution in [0, 0.1) is 0 Å². The van der Waals surface area contributed by atoms with Crippen molar-refractivity contribution in [3.05, 3.63) is 77.3 Å². The van der Waals surface area contributed by atoms with Crippen LogP contribution < -0.4 is 10.6 Å². The summed E-state index contributed by atoms with van der Waals surface area (Å²) >= 11 is 11.4. The van der Waals surface area contributed by atoms with Gasteiger partial charge < -0.3 is 10.6 Å². The molecule has 0 heterocycles. The summed E-state index contributed by atoms with van der Waals surface area (Å²) in [6, 6.07) is 22.3. The standard InChI is InChI=1S/C19H17ClN2S/c20-16-8-3-5-14(13-16)11-12-21-19(23)22-18-10-4-7-15-6-1-2-9-17(15)18/h1-10,13H,11-12H2,(H2,21,22,23). The van der Waals surface area contributed by atoms with Gasteiger partial charge in [0.1, 0.15) is 0 Å². The lowest BCUT2D eigenvalue weighted by Crippen LogP contribution is -2.30. The summed E-state index contributed by atoms with van der Waals surface area (Å²) in [7, 11) is 0. The van der Waals surface area contributed by atoms with Crippen LogP contribution in [-0.2, 0) is 6.42 Å². The van der Waals surface area contributed by atoms with Crippen molar-refractivity contribution in [1.82, 2.24) is 5.32 Å². The van der Waals surface area contributed by atoms with E-state index in [4.69, 9.17) is 23.8 Å². The summed E-state index contributed by atoms with van der Waals surface area (Å²) in [5.74, 6) is 0. The van der Waals surface area contributed by atoms with Crippen molar-refractivity contribution in [2.24, 2.45) is 0 Å². The monoisotopic (exact) mass is 340 g/mol. The molecule has 0 saturated carbocycles. The largest absolute Gasteiger partial charge is 0.362 e. The smallest absolute Gasteiger partial charge is 0.170 e. The summed E-state index contributed by atoms with van der Waals surface area (Å²) in [5, 5.41) is 10.3. The van der Waals surface area contributed by atoms with Gasteiger partial charge in [0.25, 0.3) is 0 Å².